The number of aliphatic hydroxyl groups excluding tert-OH is 1. The minimum atomic E-state index is -0.676. The van der Waals surface area contributed by atoms with Crippen LogP contribution >= 0.6 is 0 Å². The summed E-state index contributed by atoms with van der Waals surface area (Å²) in [5.41, 5.74) is 15.9. The quantitative estimate of drug-likeness (QED) is 0.387. The molecule has 0 aliphatic carbocycles. The van der Waals surface area contributed by atoms with Crippen LogP contribution in [0, 0.1) is 0 Å². The van der Waals surface area contributed by atoms with Gasteiger partial charge in [-0.15, -0.1) is 0 Å². The van der Waals surface area contributed by atoms with Gasteiger partial charge in [-0.2, -0.15) is 0 Å². The fourth-order valence-electron chi connectivity index (χ4n) is 0.508. The van der Waals surface area contributed by atoms with E-state index in [4.69, 9.17) is 22.3 Å². The minimum absolute atomic E-state index is 0. The molecule has 3 unspecified atom stereocenters. The Kier molecular flexibility index (Phi) is 7.87. The van der Waals surface area contributed by atoms with E-state index >= 15 is 0 Å². The summed E-state index contributed by atoms with van der Waals surface area (Å²) in [5.74, 6) is 0. The fourth-order valence-corrected chi connectivity index (χ4v) is 0.508. The summed E-state index contributed by atoms with van der Waals surface area (Å²) in [6.45, 7) is 1.91. The predicted octanol–water partition coefficient (Wildman–Crippen LogP) is -2.02. The third-order valence-corrected chi connectivity index (χ3v) is 1.29. The van der Waals surface area contributed by atoms with Crippen LogP contribution in [-0.4, -0.2) is 29.8 Å². The molecule has 0 radical (unpaired) electrons. The Morgan fingerprint density at radius 1 is 1.40 bits per heavy atom. The topological polar surface area (TPSA) is 98.3 Å². The molecule has 0 aromatic heterocycles. The van der Waals surface area contributed by atoms with Crippen LogP contribution in [0.3, 0.4) is 0 Å². The van der Waals surface area contributed by atoms with Gasteiger partial charge in [0.15, 0.2) is 0 Å². The van der Waals surface area contributed by atoms with Crippen LogP contribution < -0.4 is 17.2 Å². The molecule has 0 spiro atoms. The second kappa shape index (κ2) is 6.07. The van der Waals surface area contributed by atoms with E-state index in [9.17, 15) is 0 Å². The van der Waals surface area contributed by atoms with E-state index in [0.29, 0.717) is 0 Å². The maximum Gasteiger partial charge on any atom is 0.0828 e. The van der Waals surface area contributed by atoms with Gasteiger partial charge in [-0.05, 0) is 6.92 Å². The molecule has 0 fully saturated rings. The molecule has 7 N–H and O–H groups in total. The first-order valence-electron chi connectivity index (χ1n) is 2.99. The molecule has 5 heteroatoms. The molecule has 0 aliphatic heterocycles. The summed E-state index contributed by atoms with van der Waals surface area (Å²) in [7, 11) is 0. The Balaban J connectivity index is 0. The molecule has 0 heterocycles. The Hall–Kier alpha value is 0.334. The van der Waals surface area contributed by atoms with E-state index in [2.05, 4.69) is 0 Å². The fraction of sp³-hybridized carbons (Fsp3) is 1.00. The van der Waals surface area contributed by atoms with Crippen molar-refractivity contribution in [1.82, 2.24) is 0 Å². The standard InChI is InChI=1S/C5H15N3O.Ni/c1-3(7)5(8)4(9)2-6;/h3-5,9H,2,6-8H2,1H3;. The monoisotopic (exact) mass is 191 g/mol. The molecule has 66 valence electrons. The Labute approximate surface area is 71.1 Å². The third kappa shape index (κ3) is 4.20. The van der Waals surface area contributed by atoms with Crippen molar-refractivity contribution in [3.05, 3.63) is 0 Å². The first-order valence-corrected chi connectivity index (χ1v) is 2.99. The smallest absolute Gasteiger partial charge is 0.0828 e. The largest absolute Gasteiger partial charge is 0.390 e. The maximum atomic E-state index is 8.97. The zero-order valence-electron chi connectivity index (χ0n) is 5.93. The Morgan fingerprint density at radius 2 is 1.80 bits per heavy atom. The van der Waals surface area contributed by atoms with Crippen molar-refractivity contribution >= 4 is 0 Å². The Bertz CT molecular complexity index is 81.3. The minimum Gasteiger partial charge on any atom is -0.390 e. The zero-order valence-corrected chi connectivity index (χ0v) is 6.92. The van der Waals surface area contributed by atoms with E-state index in [-0.39, 0.29) is 29.1 Å². The van der Waals surface area contributed by atoms with Gasteiger partial charge in [0, 0.05) is 35.1 Å². The van der Waals surface area contributed by atoms with Crippen molar-refractivity contribution in [2.75, 3.05) is 6.54 Å². The van der Waals surface area contributed by atoms with Gasteiger partial charge in [0.05, 0.1) is 6.10 Å². The van der Waals surface area contributed by atoms with Crippen LogP contribution in [-0.2, 0) is 16.5 Å². The van der Waals surface area contributed by atoms with Crippen LogP contribution in [0.5, 0.6) is 0 Å². The van der Waals surface area contributed by atoms with Crippen LogP contribution in [0.1, 0.15) is 6.92 Å². The molecule has 0 aliphatic rings. The number of nitrogens with two attached hydrogens (primary N) is 3. The van der Waals surface area contributed by atoms with Crippen molar-refractivity contribution < 1.29 is 21.6 Å². The van der Waals surface area contributed by atoms with Crippen molar-refractivity contribution in [2.24, 2.45) is 17.2 Å². The summed E-state index contributed by atoms with van der Waals surface area (Å²) >= 11 is 0. The molecule has 0 aromatic carbocycles. The molecular weight excluding hydrogens is 177 g/mol. The first kappa shape index (κ1) is 13.0. The van der Waals surface area contributed by atoms with Gasteiger partial charge in [-0.1, -0.05) is 0 Å². The summed E-state index contributed by atoms with van der Waals surface area (Å²) in [6, 6.07) is -0.612. The second-order valence-electron chi connectivity index (χ2n) is 2.24. The average Bonchev–Trinajstić information content (AvgIpc) is 1.84. The molecule has 0 rings (SSSR count). The molecule has 0 saturated carbocycles. The number of hydrogen-bond donors (Lipinski definition) is 4. The van der Waals surface area contributed by atoms with Crippen LogP contribution in [0.15, 0.2) is 0 Å². The van der Waals surface area contributed by atoms with Crippen LogP contribution in [0.2, 0.25) is 0 Å². The summed E-state index contributed by atoms with van der Waals surface area (Å²) < 4.78 is 0. The van der Waals surface area contributed by atoms with Crippen molar-refractivity contribution in [1.29, 1.82) is 0 Å². The molecule has 3 atom stereocenters. The van der Waals surface area contributed by atoms with E-state index in [1.54, 1.807) is 6.92 Å². The molecule has 0 aromatic rings. The Morgan fingerprint density at radius 3 is 1.90 bits per heavy atom. The van der Waals surface area contributed by atoms with E-state index in [1.165, 1.54) is 0 Å². The SMILES string of the molecule is CC(N)C(N)C(O)CN.[Ni]. The molecule has 0 amide bonds. The number of aliphatic hydroxyl groups is 1. The van der Waals surface area contributed by atoms with Gasteiger partial charge in [0.2, 0.25) is 0 Å². The van der Waals surface area contributed by atoms with Gasteiger partial charge in [0.1, 0.15) is 0 Å². The van der Waals surface area contributed by atoms with Crippen LogP contribution in [0.4, 0.5) is 0 Å². The van der Waals surface area contributed by atoms with Crippen molar-refractivity contribution in [3.8, 4) is 0 Å². The molecular formula is C5H15N3NiO. The summed E-state index contributed by atoms with van der Waals surface area (Å²) in [6.07, 6.45) is -0.676. The molecule has 10 heavy (non-hydrogen) atoms. The van der Waals surface area contributed by atoms with Gasteiger partial charge >= 0.3 is 0 Å². The van der Waals surface area contributed by atoms with E-state index in [0.717, 1.165) is 0 Å². The first-order chi connectivity index (χ1) is 4.09. The summed E-state index contributed by atoms with van der Waals surface area (Å²) in [4.78, 5) is 0. The van der Waals surface area contributed by atoms with Gasteiger partial charge in [-0.25, -0.2) is 0 Å². The number of rotatable bonds is 3. The molecule has 0 saturated heterocycles. The summed E-state index contributed by atoms with van der Waals surface area (Å²) in [5, 5.41) is 8.97. The molecule has 4 nitrogen and oxygen atoms in total. The molecule has 0 bridgehead atoms. The predicted molar refractivity (Wildman–Crippen MR) is 36.7 cm³/mol. The normalized spacial score (nSPS) is 18.9. The van der Waals surface area contributed by atoms with Crippen LogP contribution in [0.25, 0.3) is 0 Å². The third-order valence-electron chi connectivity index (χ3n) is 1.29. The van der Waals surface area contributed by atoms with Crippen molar-refractivity contribution in [3.63, 3.8) is 0 Å². The van der Waals surface area contributed by atoms with Gasteiger partial charge in [-0.3, -0.25) is 0 Å². The van der Waals surface area contributed by atoms with E-state index < -0.39 is 12.1 Å². The zero-order chi connectivity index (χ0) is 7.44. The van der Waals surface area contributed by atoms with Gasteiger partial charge in [0.25, 0.3) is 0 Å². The number of hydrogen-bond acceptors (Lipinski definition) is 4. The van der Waals surface area contributed by atoms with Crippen molar-refractivity contribution in [2.45, 2.75) is 25.1 Å². The maximum absolute atomic E-state index is 8.97. The van der Waals surface area contributed by atoms with Gasteiger partial charge < -0.3 is 22.3 Å². The van der Waals surface area contributed by atoms with E-state index in [1.807, 2.05) is 0 Å². The second-order valence-corrected chi connectivity index (χ2v) is 2.24. The average molecular weight is 192 g/mol.